The number of carbonyl (C=O) groups excluding carboxylic acids is 1. The van der Waals surface area contributed by atoms with Crippen molar-refractivity contribution in [2.75, 3.05) is 6.61 Å². The summed E-state index contributed by atoms with van der Waals surface area (Å²) < 4.78 is 11.7. The molecule has 4 nitrogen and oxygen atoms in total. The average Bonchev–Trinajstić information content (AvgIpc) is 2.85. The first-order valence-electron chi connectivity index (χ1n) is 11.3. The Hall–Kier alpha value is -3.58. The van der Waals surface area contributed by atoms with E-state index in [9.17, 15) is 4.79 Å². The van der Waals surface area contributed by atoms with E-state index in [4.69, 9.17) is 14.7 Å². The van der Waals surface area contributed by atoms with Crippen LogP contribution in [0.2, 0.25) is 0 Å². The van der Waals surface area contributed by atoms with E-state index in [2.05, 4.69) is 13.0 Å². The average molecular weight is 428 g/mol. The maximum absolute atomic E-state index is 12.6. The highest BCUT2D eigenvalue weighted by molar-refractivity contribution is 5.92. The molecule has 4 heteroatoms. The van der Waals surface area contributed by atoms with Crippen LogP contribution < -0.4 is 9.47 Å². The Bertz CT molecular complexity index is 1040. The summed E-state index contributed by atoms with van der Waals surface area (Å²) in [6, 6.07) is 23.7. The molecule has 0 atom stereocenters. The lowest BCUT2D eigenvalue weighted by Crippen LogP contribution is -2.09. The first-order chi connectivity index (χ1) is 15.7. The molecule has 0 saturated carbocycles. The Morgan fingerprint density at radius 3 is 2.31 bits per heavy atom. The quantitative estimate of drug-likeness (QED) is 0.185. The Balaban J connectivity index is 1.75. The maximum Gasteiger partial charge on any atom is 0.343 e. The SMILES string of the molecule is CCCCCCCCOc1ccc(OC(=O)c2ccccc2)c(-c2ccc(C#N)cc2)c1. The van der Waals surface area contributed by atoms with E-state index >= 15 is 0 Å². The zero-order chi connectivity index (χ0) is 22.6. The molecular weight excluding hydrogens is 398 g/mol. The van der Waals surface area contributed by atoms with Gasteiger partial charge in [-0.2, -0.15) is 5.26 Å². The topological polar surface area (TPSA) is 59.3 Å². The fourth-order valence-electron chi connectivity index (χ4n) is 3.44. The summed E-state index contributed by atoms with van der Waals surface area (Å²) in [6.45, 7) is 2.87. The molecule has 0 spiro atoms. The predicted molar refractivity (Wildman–Crippen MR) is 127 cm³/mol. The van der Waals surface area contributed by atoms with E-state index < -0.39 is 5.97 Å². The molecule has 0 bridgehead atoms. The number of rotatable bonds is 11. The van der Waals surface area contributed by atoms with Crippen molar-refractivity contribution in [1.29, 1.82) is 5.26 Å². The van der Waals surface area contributed by atoms with Crippen molar-refractivity contribution < 1.29 is 14.3 Å². The summed E-state index contributed by atoms with van der Waals surface area (Å²) in [7, 11) is 0. The number of nitriles is 1. The van der Waals surface area contributed by atoms with Crippen molar-refractivity contribution in [1.82, 2.24) is 0 Å². The smallest absolute Gasteiger partial charge is 0.343 e. The molecule has 32 heavy (non-hydrogen) atoms. The highest BCUT2D eigenvalue weighted by atomic mass is 16.5. The molecule has 0 amide bonds. The Morgan fingerprint density at radius 2 is 1.59 bits per heavy atom. The first-order valence-corrected chi connectivity index (χ1v) is 11.3. The minimum absolute atomic E-state index is 0.416. The molecule has 0 aliphatic heterocycles. The van der Waals surface area contributed by atoms with Crippen molar-refractivity contribution in [2.45, 2.75) is 45.4 Å². The molecule has 3 rings (SSSR count). The predicted octanol–water partition coefficient (Wildman–Crippen LogP) is 7.18. The highest BCUT2D eigenvalue weighted by Crippen LogP contribution is 2.34. The molecule has 164 valence electrons. The van der Waals surface area contributed by atoms with E-state index in [0.29, 0.717) is 23.5 Å². The molecule has 0 aliphatic rings. The first kappa shape index (κ1) is 23.1. The number of carbonyl (C=O) groups is 1. The van der Waals surface area contributed by atoms with Crippen LogP contribution in [0.15, 0.2) is 72.8 Å². The number of hydrogen-bond donors (Lipinski definition) is 0. The number of esters is 1. The number of nitrogens with zero attached hydrogens (tertiary/aromatic N) is 1. The molecule has 3 aromatic carbocycles. The van der Waals surface area contributed by atoms with Crippen LogP contribution in [0, 0.1) is 11.3 Å². The summed E-state index contributed by atoms with van der Waals surface area (Å²) >= 11 is 0. The van der Waals surface area contributed by atoms with E-state index in [0.717, 1.165) is 29.7 Å². The van der Waals surface area contributed by atoms with Gasteiger partial charge in [-0.15, -0.1) is 0 Å². The Kier molecular flexibility index (Phi) is 8.89. The minimum atomic E-state index is -0.416. The van der Waals surface area contributed by atoms with Gasteiger partial charge in [0.2, 0.25) is 0 Å². The summed E-state index contributed by atoms with van der Waals surface area (Å²) in [4.78, 5) is 12.6. The van der Waals surface area contributed by atoms with Gasteiger partial charge in [0, 0.05) is 5.56 Å². The third-order valence-electron chi connectivity index (χ3n) is 5.25. The van der Waals surface area contributed by atoms with Crippen molar-refractivity contribution in [3.8, 4) is 28.7 Å². The van der Waals surface area contributed by atoms with Crippen molar-refractivity contribution in [3.63, 3.8) is 0 Å². The molecule has 0 aliphatic carbocycles. The number of ether oxygens (including phenoxy) is 2. The van der Waals surface area contributed by atoms with Crippen molar-refractivity contribution in [3.05, 3.63) is 83.9 Å². The van der Waals surface area contributed by atoms with Crippen LogP contribution in [0.1, 0.15) is 61.4 Å². The van der Waals surface area contributed by atoms with Gasteiger partial charge >= 0.3 is 5.97 Å². The van der Waals surface area contributed by atoms with Gasteiger partial charge in [-0.1, -0.05) is 69.4 Å². The molecule has 3 aromatic rings. The fraction of sp³-hybridized carbons (Fsp3) is 0.286. The second-order valence-electron chi connectivity index (χ2n) is 7.72. The molecule has 0 unspecified atom stereocenters. The van der Waals surface area contributed by atoms with Crippen molar-refractivity contribution >= 4 is 5.97 Å². The molecule has 0 radical (unpaired) electrons. The number of unbranched alkanes of at least 4 members (excludes halogenated alkanes) is 5. The normalized spacial score (nSPS) is 10.4. The number of benzene rings is 3. The van der Waals surface area contributed by atoms with Gasteiger partial charge in [0.25, 0.3) is 0 Å². The molecule has 0 aromatic heterocycles. The summed E-state index contributed by atoms with van der Waals surface area (Å²) in [5.74, 6) is 0.772. The monoisotopic (exact) mass is 427 g/mol. The lowest BCUT2D eigenvalue weighted by molar-refractivity contribution is 0.0735. The minimum Gasteiger partial charge on any atom is -0.494 e. The van der Waals surface area contributed by atoms with Crippen molar-refractivity contribution in [2.24, 2.45) is 0 Å². The van der Waals surface area contributed by atoms with Crippen LogP contribution >= 0.6 is 0 Å². The lowest BCUT2D eigenvalue weighted by Gasteiger charge is -2.13. The summed E-state index contributed by atoms with van der Waals surface area (Å²) in [6.07, 6.45) is 7.23. The standard InChI is InChI=1S/C28H29NO3/c1-2-3-4-5-6-10-19-31-25-17-18-27(32-28(30)24-11-8-7-9-12-24)26(20-25)23-15-13-22(21-29)14-16-23/h7-9,11-18,20H,2-6,10,19H2,1H3. The van der Waals surface area contributed by atoms with Gasteiger partial charge in [-0.25, -0.2) is 4.79 Å². The Labute approximate surface area is 190 Å². The Morgan fingerprint density at radius 1 is 0.875 bits per heavy atom. The fourth-order valence-corrected chi connectivity index (χ4v) is 3.44. The second kappa shape index (κ2) is 12.3. The van der Waals surface area contributed by atoms with Crippen LogP contribution in [-0.4, -0.2) is 12.6 Å². The largest absolute Gasteiger partial charge is 0.494 e. The lowest BCUT2D eigenvalue weighted by atomic mass is 10.0. The molecule has 0 N–H and O–H groups in total. The second-order valence-corrected chi connectivity index (χ2v) is 7.72. The zero-order valence-corrected chi connectivity index (χ0v) is 18.5. The third kappa shape index (κ3) is 6.72. The molecule has 0 saturated heterocycles. The summed E-state index contributed by atoms with van der Waals surface area (Å²) in [5.41, 5.74) is 2.66. The van der Waals surface area contributed by atoms with E-state index in [-0.39, 0.29) is 0 Å². The van der Waals surface area contributed by atoms with Gasteiger partial charge in [0.05, 0.1) is 23.8 Å². The molecule has 0 heterocycles. The van der Waals surface area contributed by atoms with E-state index in [1.807, 2.05) is 30.3 Å². The van der Waals surface area contributed by atoms with E-state index in [1.165, 1.54) is 25.7 Å². The van der Waals surface area contributed by atoms with Gasteiger partial charge in [0.15, 0.2) is 0 Å². The number of hydrogen-bond acceptors (Lipinski definition) is 4. The van der Waals surface area contributed by atoms with Crippen LogP contribution in [0.5, 0.6) is 11.5 Å². The van der Waals surface area contributed by atoms with Gasteiger partial charge < -0.3 is 9.47 Å². The highest BCUT2D eigenvalue weighted by Gasteiger charge is 2.14. The van der Waals surface area contributed by atoms with Gasteiger partial charge in [0.1, 0.15) is 11.5 Å². The van der Waals surface area contributed by atoms with Crippen LogP contribution in [0.3, 0.4) is 0 Å². The third-order valence-corrected chi connectivity index (χ3v) is 5.25. The zero-order valence-electron chi connectivity index (χ0n) is 18.5. The molecule has 0 fully saturated rings. The van der Waals surface area contributed by atoms with Gasteiger partial charge in [-0.3, -0.25) is 0 Å². The summed E-state index contributed by atoms with van der Waals surface area (Å²) in [5, 5.41) is 9.09. The van der Waals surface area contributed by atoms with Gasteiger partial charge in [-0.05, 0) is 54.4 Å². The van der Waals surface area contributed by atoms with Crippen LogP contribution in [0.25, 0.3) is 11.1 Å². The van der Waals surface area contributed by atoms with Crippen LogP contribution in [0.4, 0.5) is 0 Å². The van der Waals surface area contributed by atoms with E-state index in [1.54, 1.807) is 42.5 Å². The van der Waals surface area contributed by atoms with Crippen LogP contribution in [-0.2, 0) is 0 Å². The molecular formula is C28H29NO3. The maximum atomic E-state index is 12.6.